The third-order valence-electron chi connectivity index (χ3n) is 2.22. The standard InChI is InChI=1S/C11H12BrFNP/c1-11(2,3)10-14-9-7(13)4-6(12)5-8(9)15-10/h4-5,15H,1-3H3. The SMILES string of the molecule is CC(C)(C)c1nc2c(F)cc(Br)cc2[pH]1. The van der Waals surface area contributed by atoms with E-state index in [9.17, 15) is 4.39 Å². The molecule has 0 radical (unpaired) electrons. The van der Waals surface area contributed by atoms with Gasteiger partial charge >= 0.3 is 0 Å². The highest BCUT2D eigenvalue weighted by Gasteiger charge is 2.19. The molecule has 4 heteroatoms. The molecule has 1 aromatic carbocycles. The first kappa shape index (κ1) is 11.1. The lowest BCUT2D eigenvalue weighted by Gasteiger charge is -2.14. The van der Waals surface area contributed by atoms with Crippen molar-refractivity contribution in [1.29, 1.82) is 0 Å². The highest BCUT2D eigenvalue weighted by molar-refractivity contribution is 9.10. The summed E-state index contributed by atoms with van der Waals surface area (Å²) in [5, 5.41) is 1.01. The quantitative estimate of drug-likeness (QED) is 0.697. The number of aromatic nitrogens is 1. The first-order chi connectivity index (χ1) is 6.88. The zero-order chi connectivity index (χ0) is 11.2. The minimum absolute atomic E-state index is 0.0242. The van der Waals surface area contributed by atoms with Gasteiger partial charge in [-0.1, -0.05) is 36.7 Å². The van der Waals surface area contributed by atoms with Crippen LogP contribution in [-0.2, 0) is 5.41 Å². The summed E-state index contributed by atoms with van der Waals surface area (Å²) in [5.41, 5.74) is 1.63. The van der Waals surface area contributed by atoms with Crippen LogP contribution in [0.25, 0.3) is 10.6 Å². The molecular weight excluding hydrogens is 276 g/mol. The molecule has 2 aromatic rings. The lowest BCUT2D eigenvalue weighted by atomic mass is 9.98. The normalized spacial score (nSPS) is 12.9. The van der Waals surface area contributed by atoms with Crippen LogP contribution < -0.4 is 0 Å². The molecule has 1 unspecified atom stereocenters. The summed E-state index contributed by atoms with van der Waals surface area (Å²) in [6.45, 7) is 6.33. The summed E-state index contributed by atoms with van der Waals surface area (Å²) in [7, 11) is 0.495. The molecule has 0 spiro atoms. The van der Waals surface area contributed by atoms with E-state index in [4.69, 9.17) is 0 Å². The maximum atomic E-state index is 13.6. The van der Waals surface area contributed by atoms with Crippen LogP contribution in [0, 0.1) is 5.82 Å². The van der Waals surface area contributed by atoms with E-state index in [1.807, 2.05) is 6.07 Å². The van der Waals surface area contributed by atoms with Gasteiger partial charge in [-0.3, -0.25) is 0 Å². The van der Waals surface area contributed by atoms with Crippen LogP contribution in [0.3, 0.4) is 0 Å². The number of rotatable bonds is 0. The molecule has 2 rings (SSSR count). The number of nitrogens with zero attached hydrogens (tertiary/aromatic N) is 1. The van der Waals surface area contributed by atoms with Gasteiger partial charge in [-0.05, 0) is 12.1 Å². The Hall–Kier alpha value is -0.400. The second kappa shape index (κ2) is 3.57. The third kappa shape index (κ3) is 2.09. The smallest absolute Gasteiger partial charge is 0.150 e. The number of fused-ring (bicyclic) bond motifs is 1. The molecule has 1 nitrogen and oxygen atoms in total. The van der Waals surface area contributed by atoms with Crippen LogP contribution >= 0.6 is 24.1 Å². The molecule has 0 aliphatic heterocycles. The lowest BCUT2D eigenvalue weighted by molar-refractivity contribution is 0.584. The minimum Gasteiger partial charge on any atom is -0.245 e. The summed E-state index contributed by atoms with van der Waals surface area (Å²) < 4.78 is 14.4. The van der Waals surface area contributed by atoms with Gasteiger partial charge in [-0.2, -0.15) is 0 Å². The minimum atomic E-state index is -0.230. The molecule has 80 valence electrons. The van der Waals surface area contributed by atoms with E-state index in [0.29, 0.717) is 13.7 Å². The molecule has 0 N–H and O–H groups in total. The number of benzene rings is 1. The van der Waals surface area contributed by atoms with Crippen LogP contribution in [0.5, 0.6) is 0 Å². The molecule has 1 heterocycles. The van der Waals surface area contributed by atoms with E-state index in [-0.39, 0.29) is 11.2 Å². The Labute approximate surface area is 98.3 Å². The Morgan fingerprint density at radius 3 is 2.60 bits per heavy atom. The Kier molecular flexibility index (Phi) is 2.64. The molecule has 0 fully saturated rings. The van der Waals surface area contributed by atoms with Crippen molar-refractivity contribution in [3.05, 3.63) is 27.8 Å². The highest BCUT2D eigenvalue weighted by atomic mass is 79.9. The number of hydrogen-bond acceptors (Lipinski definition) is 1. The van der Waals surface area contributed by atoms with Gasteiger partial charge in [-0.15, -0.1) is 8.19 Å². The van der Waals surface area contributed by atoms with Gasteiger partial charge in [0.25, 0.3) is 0 Å². The number of halogens is 2. The summed E-state index contributed by atoms with van der Waals surface area (Å²) in [6, 6.07) is 3.43. The van der Waals surface area contributed by atoms with Crippen LogP contribution in [0.15, 0.2) is 16.6 Å². The van der Waals surface area contributed by atoms with Gasteiger partial charge < -0.3 is 0 Å². The average Bonchev–Trinajstić information content (AvgIpc) is 2.46. The fourth-order valence-corrected chi connectivity index (χ4v) is 3.36. The zero-order valence-corrected chi connectivity index (χ0v) is 11.4. The topological polar surface area (TPSA) is 12.9 Å². The summed E-state index contributed by atoms with van der Waals surface area (Å²) in [5.74, 6) is -0.230. The average molecular weight is 288 g/mol. The Bertz CT molecular complexity index is 513. The van der Waals surface area contributed by atoms with Crippen LogP contribution in [-0.4, -0.2) is 4.98 Å². The Balaban J connectivity index is 2.71. The molecule has 0 aliphatic rings. The molecular formula is C11H12BrFNP. The van der Waals surface area contributed by atoms with Crippen molar-refractivity contribution in [2.45, 2.75) is 26.2 Å². The van der Waals surface area contributed by atoms with Crippen molar-refractivity contribution in [3.63, 3.8) is 0 Å². The van der Waals surface area contributed by atoms with Crippen LogP contribution in [0.1, 0.15) is 26.2 Å². The first-order valence-electron chi connectivity index (χ1n) is 4.73. The monoisotopic (exact) mass is 287 g/mol. The van der Waals surface area contributed by atoms with Gasteiger partial charge in [0.2, 0.25) is 0 Å². The van der Waals surface area contributed by atoms with Crippen molar-refractivity contribution in [1.82, 2.24) is 4.98 Å². The third-order valence-corrected chi connectivity index (χ3v) is 4.42. The molecule has 1 atom stereocenters. The molecule has 0 amide bonds. The predicted octanol–water partition coefficient (Wildman–Crippen LogP) is 4.47. The molecule has 0 aliphatic carbocycles. The number of hydrogen-bond donors (Lipinski definition) is 0. The highest BCUT2D eigenvalue weighted by Crippen LogP contribution is 2.37. The van der Waals surface area contributed by atoms with Crippen molar-refractivity contribution in [3.8, 4) is 0 Å². The Morgan fingerprint density at radius 1 is 1.33 bits per heavy atom. The van der Waals surface area contributed by atoms with E-state index in [0.717, 1.165) is 15.0 Å². The molecule has 1 aromatic heterocycles. The van der Waals surface area contributed by atoms with Gasteiger partial charge in [-0.25, -0.2) is 9.37 Å². The maximum absolute atomic E-state index is 13.6. The van der Waals surface area contributed by atoms with Crippen molar-refractivity contribution < 1.29 is 4.39 Å². The van der Waals surface area contributed by atoms with E-state index in [2.05, 4.69) is 41.7 Å². The van der Waals surface area contributed by atoms with Crippen LogP contribution in [0.4, 0.5) is 4.39 Å². The van der Waals surface area contributed by atoms with Crippen molar-refractivity contribution in [2.75, 3.05) is 0 Å². The van der Waals surface area contributed by atoms with Gasteiger partial charge in [0.15, 0.2) is 5.82 Å². The first-order valence-corrected chi connectivity index (χ1v) is 6.52. The van der Waals surface area contributed by atoms with Crippen molar-refractivity contribution >= 4 is 34.8 Å². The van der Waals surface area contributed by atoms with E-state index in [1.54, 1.807) is 0 Å². The van der Waals surface area contributed by atoms with Crippen LogP contribution in [0.2, 0.25) is 0 Å². The maximum Gasteiger partial charge on any atom is 0.150 e. The van der Waals surface area contributed by atoms with E-state index < -0.39 is 0 Å². The molecule has 0 bridgehead atoms. The van der Waals surface area contributed by atoms with E-state index >= 15 is 0 Å². The zero-order valence-electron chi connectivity index (χ0n) is 8.86. The fraction of sp³-hybridized carbons (Fsp3) is 0.364. The fourth-order valence-electron chi connectivity index (χ4n) is 1.40. The van der Waals surface area contributed by atoms with Gasteiger partial charge in [0, 0.05) is 15.0 Å². The summed E-state index contributed by atoms with van der Waals surface area (Å²) in [4.78, 5) is 4.40. The van der Waals surface area contributed by atoms with E-state index in [1.165, 1.54) is 6.07 Å². The lowest BCUT2D eigenvalue weighted by Crippen LogP contribution is -2.09. The largest absolute Gasteiger partial charge is 0.245 e. The second-order valence-electron chi connectivity index (χ2n) is 4.62. The Morgan fingerprint density at radius 2 is 2.00 bits per heavy atom. The van der Waals surface area contributed by atoms with Crippen molar-refractivity contribution in [2.24, 2.45) is 0 Å². The molecule has 0 saturated carbocycles. The molecule has 15 heavy (non-hydrogen) atoms. The summed E-state index contributed by atoms with van der Waals surface area (Å²) >= 11 is 3.30. The predicted molar refractivity (Wildman–Crippen MR) is 67.6 cm³/mol. The second-order valence-corrected chi connectivity index (χ2v) is 6.80. The van der Waals surface area contributed by atoms with Gasteiger partial charge in [0.1, 0.15) is 5.52 Å². The van der Waals surface area contributed by atoms with Gasteiger partial charge in [0.05, 0.1) is 5.43 Å². The summed E-state index contributed by atoms with van der Waals surface area (Å²) in [6.07, 6.45) is 0. The molecule has 0 saturated heterocycles.